The van der Waals surface area contributed by atoms with Crippen molar-refractivity contribution < 1.29 is 98.4 Å². The van der Waals surface area contributed by atoms with E-state index in [9.17, 15) is 74.2 Å². The third kappa shape index (κ3) is 25.6. The van der Waals surface area contributed by atoms with Crippen LogP contribution in [-0.4, -0.2) is 151 Å². The molecule has 10 N–H and O–H groups in total. The van der Waals surface area contributed by atoms with Crippen molar-refractivity contribution in [3.8, 4) is 11.3 Å². The first-order chi connectivity index (χ1) is 42.5. The topological polar surface area (TPSA) is 344 Å². The molecule has 3 aromatic carbocycles. The Morgan fingerprint density at radius 1 is 0.758 bits per heavy atom. The van der Waals surface area contributed by atoms with Gasteiger partial charge in [0.25, 0.3) is 11.8 Å². The number of alkyl halides is 6. The van der Waals surface area contributed by atoms with Gasteiger partial charge < -0.3 is 52.2 Å². The van der Waals surface area contributed by atoms with Crippen LogP contribution in [0.5, 0.6) is 0 Å². The van der Waals surface area contributed by atoms with Crippen LogP contribution in [0.1, 0.15) is 109 Å². The van der Waals surface area contributed by atoms with E-state index in [1.165, 1.54) is 17.1 Å². The highest BCUT2D eigenvalue weighted by Gasteiger charge is 2.41. The molecule has 30 heteroatoms. The summed E-state index contributed by atoms with van der Waals surface area (Å²) in [7, 11) is 0. The zero-order chi connectivity index (χ0) is 68.6. The molecule has 91 heavy (non-hydrogen) atoms. The molecule has 4 atom stereocenters. The van der Waals surface area contributed by atoms with E-state index >= 15 is 4.39 Å². The molecular formula is C61H75F8N9O13. The maximum Gasteiger partial charge on any atom is 0.490 e. The fourth-order valence-electron chi connectivity index (χ4n) is 9.15. The van der Waals surface area contributed by atoms with Crippen molar-refractivity contribution in [2.45, 2.75) is 129 Å². The number of ketones is 2. The average molecular weight is 1290 g/mol. The lowest BCUT2D eigenvalue weighted by Gasteiger charge is -2.40. The Morgan fingerprint density at radius 2 is 1.35 bits per heavy atom. The number of aromatic nitrogens is 2. The van der Waals surface area contributed by atoms with Gasteiger partial charge in [-0.3, -0.25) is 43.3 Å². The van der Waals surface area contributed by atoms with Crippen LogP contribution in [0, 0.1) is 28.9 Å². The van der Waals surface area contributed by atoms with Crippen molar-refractivity contribution in [3.05, 3.63) is 120 Å². The molecule has 0 unspecified atom stereocenters. The van der Waals surface area contributed by atoms with Gasteiger partial charge in [0, 0.05) is 87.4 Å². The van der Waals surface area contributed by atoms with E-state index in [-0.39, 0.29) is 87.0 Å². The number of rotatable bonds is 30. The highest BCUT2D eigenvalue weighted by atomic mass is 19.4. The van der Waals surface area contributed by atoms with E-state index < -0.39 is 107 Å². The first-order valence-electron chi connectivity index (χ1n) is 28.6. The fourth-order valence-corrected chi connectivity index (χ4v) is 9.15. The Bertz CT molecular complexity index is 3150. The largest absolute Gasteiger partial charge is 0.490 e. The first kappa shape index (κ1) is 76.5. The van der Waals surface area contributed by atoms with Crippen LogP contribution in [0.3, 0.4) is 0 Å². The summed E-state index contributed by atoms with van der Waals surface area (Å²) < 4.78 is 94.8. The van der Waals surface area contributed by atoms with Gasteiger partial charge in [0.2, 0.25) is 23.6 Å². The number of anilines is 1. The van der Waals surface area contributed by atoms with Gasteiger partial charge in [-0.1, -0.05) is 83.5 Å². The van der Waals surface area contributed by atoms with Crippen LogP contribution >= 0.6 is 0 Å². The lowest BCUT2D eigenvalue weighted by Crippen LogP contribution is -2.48. The van der Waals surface area contributed by atoms with Gasteiger partial charge in [-0.2, -0.15) is 26.3 Å². The zero-order valence-electron chi connectivity index (χ0n) is 50.5. The number of Topliss-reactive ketones (excluding diaryl/α,β-unsaturated/α-hetero) is 2. The number of nitrogens with zero attached hydrogens (tertiary/aromatic N) is 4. The van der Waals surface area contributed by atoms with Crippen LogP contribution in [-0.2, 0) is 60.9 Å². The number of benzene rings is 3. The number of carboxylic acid groups (broad SMARTS) is 2. The monoisotopic (exact) mass is 1290 g/mol. The van der Waals surface area contributed by atoms with Gasteiger partial charge in [-0.25, -0.2) is 23.4 Å². The molecule has 0 bridgehead atoms. The Kier molecular flexibility index (Phi) is 29.9. The number of carbonyl (C=O) groups is 10. The number of imidazole rings is 1. The Morgan fingerprint density at radius 3 is 1.89 bits per heavy atom. The third-order valence-corrected chi connectivity index (χ3v) is 13.7. The third-order valence-electron chi connectivity index (χ3n) is 13.7. The van der Waals surface area contributed by atoms with E-state index in [1.807, 2.05) is 51.1 Å². The summed E-state index contributed by atoms with van der Waals surface area (Å²) in [6, 6.07) is 16.2. The number of hydrogen-bond donors (Lipinski definition) is 8. The van der Waals surface area contributed by atoms with Crippen molar-refractivity contribution in [2.24, 2.45) is 28.7 Å². The lowest BCUT2D eigenvalue weighted by molar-refractivity contribution is -0.193. The number of carboxylic acids is 2. The van der Waals surface area contributed by atoms with Crippen molar-refractivity contribution in [3.63, 3.8) is 0 Å². The minimum atomic E-state index is -5.08. The second kappa shape index (κ2) is 35.6. The van der Waals surface area contributed by atoms with E-state index in [2.05, 4.69) is 16.0 Å². The predicted octanol–water partition coefficient (Wildman–Crippen LogP) is 6.58. The maximum atomic E-state index is 15.2. The van der Waals surface area contributed by atoms with Gasteiger partial charge in [0.05, 0.1) is 23.8 Å². The Labute approximate surface area is 518 Å². The summed E-state index contributed by atoms with van der Waals surface area (Å²) in [5, 5.41) is 32.8. The van der Waals surface area contributed by atoms with Crippen molar-refractivity contribution in [1.82, 2.24) is 30.0 Å². The molecule has 6 amide bonds. The molecule has 0 spiro atoms. The molecule has 1 aliphatic rings. The molecule has 1 aromatic heterocycles. The van der Waals surface area contributed by atoms with Gasteiger partial charge in [0.1, 0.15) is 29.8 Å². The Balaban J connectivity index is 0.00000138. The van der Waals surface area contributed by atoms with E-state index in [0.717, 1.165) is 28.7 Å². The summed E-state index contributed by atoms with van der Waals surface area (Å²) >= 11 is 0. The molecule has 0 fully saturated rings. The van der Waals surface area contributed by atoms with Crippen LogP contribution in [0.4, 0.5) is 40.8 Å². The number of unbranched alkanes of at least 4 members (excludes halogenated alkanes) is 1. The zero-order valence-corrected chi connectivity index (χ0v) is 50.5. The highest BCUT2D eigenvalue weighted by molar-refractivity contribution is 6.12. The minimum absolute atomic E-state index is 0.0738. The molecule has 5 rings (SSSR count). The molecule has 498 valence electrons. The minimum Gasteiger partial charge on any atom is -0.475 e. The fraction of sp³-hybridized carbons (Fsp3) is 0.459. The van der Waals surface area contributed by atoms with Crippen LogP contribution in [0.25, 0.3) is 11.3 Å². The number of imide groups is 1. The highest BCUT2D eigenvalue weighted by Crippen LogP contribution is 2.40. The summed E-state index contributed by atoms with van der Waals surface area (Å²) in [6.45, 7) is 8.78. The second-order valence-corrected chi connectivity index (χ2v) is 22.4. The lowest BCUT2D eigenvalue weighted by atomic mass is 9.84. The summed E-state index contributed by atoms with van der Waals surface area (Å²) in [5.74, 6) is -11.1. The maximum absolute atomic E-state index is 15.2. The number of aliphatic carboxylic acids is 2. The molecule has 1 aliphatic heterocycles. The smallest absolute Gasteiger partial charge is 0.475 e. The molecule has 0 radical (unpaired) electrons. The SMILES string of the molecule is CC(C)[C@H](NC(=O)CCNC(=O)[C@@H](N)CCN(C(=O)CO)[C@@H](c1nc(-c2cc(F)ccc2F)cn1Cc1ccccc1)C(C)(C)C)C(=O)C[C@@H](CCCCN)C(=O)Nc1ccc(CC(=O)CCCN2C(=O)C=CC2=O)cc1.O=C(O)C(F)(F)F.O=C(O)C(F)(F)F. The number of carbonyl (C=O) groups excluding carboxylic acids is 8. The summed E-state index contributed by atoms with van der Waals surface area (Å²) in [5.41, 5.74) is 13.4. The van der Waals surface area contributed by atoms with Gasteiger partial charge >= 0.3 is 24.3 Å². The van der Waals surface area contributed by atoms with Gasteiger partial charge in [-0.05, 0) is 85.0 Å². The number of aliphatic hydroxyl groups excluding tert-OH is 1. The number of aliphatic hydroxyl groups is 1. The standard InChI is InChI=1S/C57H73F2N9O9.2C2HF3O2/c1-36(2)52(47(71)31-39(14-9-10-26-60)55(76)63-41-19-16-37(17-20-41)30-42(70)15-11-28-67-49(73)22-23-50(67)74)65-48(72)24-27-62-56(77)45(61)25-29-68(51(75)35-69)53(57(3,4)5)54-64-46(43-32-40(58)18-21-44(43)59)34-66(54)33-38-12-7-6-8-13-38;2*3-2(4,5)1(6)7/h6-8,12-13,16-23,32,34,36,39,45,52-53,69H,9-11,14-15,24-31,33,35,60-61H2,1-5H3,(H,62,77)(H,63,76)(H,65,72);2*(H,6,7)/t39-,45+,52+,53+;;/m1../s1. The van der Waals surface area contributed by atoms with Gasteiger partial charge in [-0.15, -0.1) is 0 Å². The predicted molar refractivity (Wildman–Crippen MR) is 313 cm³/mol. The van der Waals surface area contributed by atoms with Crippen LogP contribution in [0.15, 0.2) is 91.1 Å². The molecular weight excluding hydrogens is 1220 g/mol. The number of nitrogens with two attached hydrogens (primary N) is 2. The number of hydrogen-bond acceptors (Lipinski definition) is 14. The molecule has 22 nitrogen and oxygen atoms in total. The summed E-state index contributed by atoms with van der Waals surface area (Å²) in [4.78, 5) is 129. The van der Waals surface area contributed by atoms with Crippen molar-refractivity contribution in [2.75, 3.05) is 38.1 Å². The molecule has 2 heterocycles. The molecule has 4 aromatic rings. The normalized spacial score (nSPS) is 13.6. The van der Waals surface area contributed by atoms with E-state index in [0.29, 0.717) is 49.3 Å². The van der Waals surface area contributed by atoms with Crippen LogP contribution < -0.4 is 27.4 Å². The second-order valence-electron chi connectivity index (χ2n) is 22.4. The van der Waals surface area contributed by atoms with E-state index in [1.54, 1.807) is 48.9 Å². The average Bonchev–Trinajstić information content (AvgIpc) is 1.68. The van der Waals surface area contributed by atoms with E-state index in [4.69, 9.17) is 36.3 Å². The summed E-state index contributed by atoms with van der Waals surface area (Å²) in [6.07, 6.45) is -4.43. The molecule has 0 aliphatic carbocycles. The van der Waals surface area contributed by atoms with Crippen molar-refractivity contribution in [1.29, 1.82) is 0 Å². The quantitative estimate of drug-likeness (QED) is 0.0155. The Hall–Kier alpha value is -8.77. The van der Waals surface area contributed by atoms with Crippen LogP contribution in [0.2, 0.25) is 0 Å². The molecule has 0 saturated heterocycles. The van der Waals surface area contributed by atoms with Crippen molar-refractivity contribution >= 4 is 64.6 Å². The number of amides is 6. The molecule has 0 saturated carbocycles. The first-order valence-corrected chi connectivity index (χ1v) is 28.6. The van der Waals surface area contributed by atoms with Gasteiger partial charge in [0.15, 0.2) is 5.78 Å². The number of nitrogens with one attached hydrogen (secondary N) is 3. The number of halogens is 8.